The molecule has 0 aliphatic heterocycles. The Morgan fingerprint density at radius 3 is 2.38 bits per heavy atom. The van der Waals surface area contributed by atoms with Crippen molar-refractivity contribution in [2.45, 2.75) is 20.3 Å². The Morgan fingerprint density at radius 1 is 0.885 bits per heavy atom. The van der Waals surface area contributed by atoms with Crippen molar-refractivity contribution in [3.05, 3.63) is 93.3 Å². The second-order valence-electron chi connectivity index (χ2n) is 6.71. The van der Waals surface area contributed by atoms with Crippen LogP contribution >= 0.6 is 0 Å². The standard InChI is InChI=1S/C23H18O3/c1-14-7-8-15(2)20(9-14)21(24)12-19-11-18-10-16-5-3-4-6-17(16)13-22(18)26-23(19)25/h3-11,13H,12H2,1-2H3. The first-order valence-electron chi connectivity index (χ1n) is 8.57. The molecule has 4 rings (SSSR count). The van der Waals surface area contributed by atoms with Gasteiger partial charge < -0.3 is 4.42 Å². The second-order valence-corrected chi connectivity index (χ2v) is 6.71. The zero-order valence-corrected chi connectivity index (χ0v) is 14.7. The van der Waals surface area contributed by atoms with E-state index in [2.05, 4.69) is 0 Å². The summed E-state index contributed by atoms with van der Waals surface area (Å²) >= 11 is 0. The van der Waals surface area contributed by atoms with Gasteiger partial charge in [0.1, 0.15) is 5.58 Å². The summed E-state index contributed by atoms with van der Waals surface area (Å²) in [4.78, 5) is 25.1. The number of Topliss-reactive ketones (excluding diaryl/α,β-unsaturated/α-hetero) is 1. The van der Waals surface area contributed by atoms with Crippen molar-refractivity contribution in [2.75, 3.05) is 0 Å². The first-order chi connectivity index (χ1) is 12.5. The molecule has 0 spiro atoms. The molecular formula is C23H18O3. The van der Waals surface area contributed by atoms with Crippen molar-refractivity contribution in [3.8, 4) is 0 Å². The summed E-state index contributed by atoms with van der Waals surface area (Å²) in [5, 5.41) is 2.91. The highest BCUT2D eigenvalue weighted by Crippen LogP contribution is 2.23. The van der Waals surface area contributed by atoms with Gasteiger partial charge in [0.15, 0.2) is 5.78 Å². The highest BCUT2D eigenvalue weighted by atomic mass is 16.4. The van der Waals surface area contributed by atoms with Crippen LogP contribution in [0.5, 0.6) is 0 Å². The average Bonchev–Trinajstić information content (AvgIpc) is 2.62. The van der Waals surface area contributed by atoms with Gasteiger partial charge in [-0.25, -0.2) is 4.79 Å². The summed E-state index contributed by atoms with van der Waals surface area (Å²) < 4.78 is 5.48. The first kappa shape index (κ1) is 16.3. The Labute approximate surface area is 150 Å². The molecule has 0 bridgehead atoms. The fraction of sp³-hybridized carbons (Fsp3) is 0.130. The van der Waals surface area contributed by atoms with Crippen molar-refractivity contribution in [1.82, 2.24) is 0 Å². The molecule has 4 aromatic rings. The summed E-state index contributed by atoms with van der Waals surface area (Å²) in [6.07, 6.45) is 0.0371. The minimum Gasteiger partial charge on any atom is -0.422 e. The molecule has 1 heterocycles. The summed E-state index contributed by atoms with van der Waals surface area (Å²) in [7, 11) is 0. The molecule has 0 fully saturated rings. The molecule has 0 aliphatic carbocycles. The molecule has 0 aliphatic rings. The van der Waals surface area contributed by atoms with Crippen LogP contribution in [-0.2, 0) is 6.42 Å². The van der Waals surface area contributed by atoms with E-state index in [1.807, 2.05) is 68.4 Å². The molecule has 0 unspecified atom stereocenters. The maximum atomic E-state index is 12.7. The van der Waals surface area contributed by atoms with E-state index in [0.29, 0.717) is 16.7 Å². The van der Waals surface area contributed by atoms with E-state index in [0.717, 1.165) is 27.3 Å². The molecule has 0 amide bonds. The highest BCUT2D eigenvalue weighted by Gasteiger charge is 2.14. The van der Waals surface area contributed by atoms with E-state index < -0.39 is 5.63 Å². The zero-order chi connectivity index (χ0) is 18.3. The van der Waals surface area contributed by atoms with E-state index >= 15 is 0 Å². The normalized spacial score (nSPS) is 11.2. The number of carbonyl (C=O) groups excluding carboxylic acids is 1. The molecule has 1 aromatic heterocycles. The summed E-state index contributed by atoms with van der Waals surface area (Å²) in [6.45, 7) is 3.85. The van der Waals surface area contributed by atoms with Gasteiger partial charge in [0.2, 0.25) is 0 Å². The van der Waals surface area contributed by atoms with E-state index in [1.165, 1.54) is 0 Å². The van der Waals surface area contributed by atoms with Gasteiger partial charge in [-0.05, 0) is 54.4 Å². The van der Waals surface area contributed by atoms with Gasteiger partial charge in [0.25, 0.3) is 0 Å². The molecule has 0 atom stereocenters. The van der Waals surface area contributed by atoms with Crippen LogP contribution < -0.4 is 5.63 Å². The SMILES string of the molecule is Cc1ccc(C)c(C(=O)Cc2cc3cc4ccccc4cc3oc2=O)c1. The predicted molar refractivity (Wildman–Crippen MR) is 104 cm³/mol. The van der Waals surface area contributed by atoms with E-state index in [-0.39, 0.29) is 12.2 Å². The Balaban J connectivity index is 1.77. The predicted octanol–water partition coefficient (Wildman–Crippen LogP) is 4.99. The largest absolute Gasteiger partial charge is 0.422 e. The molecule has 128 valence electrons. The van der Waals surface area contributed by atoms with Gasteiger partial charge >= 0.3 is 5.63 Å². The molecule has 0 N–H and O–H groups in total. The van der Waals surface area contributed by atoms with Crippen molar-refractivity contribution >= 4 is 27.5 Å². The fourth-order valence-electron chi connectivity index (χ4n) is 3.28. The van der Waals surface area contributed by atoms with Gasteiger partial charge in [-0.3, -0.25) is 4.79 Å². The van der Waals surface area contributed by atoms with Gasteiger partial charge in [0.05, 0.1) is 0 Å². The Hall–Kier alpha value is -3.20. The number of benzene rings is 3. The molecule has 3 nitrogen and oxygen atoms in total. The van der Waals surface area contributed by atoms with Crippen molar-refractivity contribution < 1.29 is 9.21 Å². The van der Waals surface area contributed by atoms with Crippen LogP contribution in [0.4, 0.5) is 0 Å². The summed E-state index contributed by atoms with van der Waals surface area (Å²) in [5.74, 6) is -0.0707. The third-order valence-electron chi connectivity index (χ3n) is 4.72. The van der Waals surface area contributed by atoms with E-state index in [1.54, 1.807) is 6.07 Å². The zero-order valence-electron chi connectivity index (χ0n) is 14.7. The number of rotatable bonds is 3. The van der Waals surface area contributed by atoms with Crippen LogP contribution in [0.1, 0.15) is 27.0 Å². The number of hydrogen-bond donors (Lipinski definition) is 0. The van der Waals surface area contributed by atoms with Crippen molar-refractivity contribution in [3.63, 3.8) is 0 Å². The lowest BCUT2D eigenvalue weighted by Crippen LogP contribution is -2.14. The van der Waals surface area contributed by atoms with Crippen LogP contribution in [0.15, 0.2) is 69.9 Å². The van der Waals surface area contributed by atoms with Crippen molar-refractivity contribution in [2.24, 2.45) is 0 Å². The molecular weight excluding hydrogens is 324 g/mol. The van der Waals surface area contributed by atoms with Crippen LogP contribution in [-0.4, -0.2) is 5.78 Å². The number of fused-ring (bicyclic) bond motifs is 2. The molecule has 3 aromatic carbocycles. The smallest absolute Gasteiger partial charge is 0.339 e. The fourth-order valence-corrected chi connectivity index (χ4v) is 3.28. The second kappa shape index (κ2) is 6.26. The maximum absolute atomic E-state index is 12.7. The third-order valence-corrected chi connectivity index (χ3v) is 4.72. The van der Waals surface area contributed by atoms with Crippen molar-refractivity contribution in [1.29, 1.82) is 0 Å². The van der Waals surface area contributed by atoms with Gasteiger partial charge in [0, 0.05) is 22.9 Å². The lowest BCUT2D eigenvalue weighted by atomic mass is 9.97. The number of hydrogen-bond acceptors (Lipinski definition) is 3. The quantitative estimate of drug-likeness (QED) is 0.299. The lowest BCUT2D eigenvalue weighted by Gasteiger charge is -2.07. The van der Waals surface area contributed by atoms with Crippen LogP contribution in [0, 0.1) is 13.8 Å². The minimum atomic E-state index is -0.452. The number of aryl methyl sites for hydroxylation is 2. The average molecular weight is 342 g/mol. The topological polar surface area (TPSA) is 47.3 Å². The summed E-state index contributed by atoms with van der Waals surface area (Å²) in [6, 6.07) is 19.3. The van der Waals surface area contributed by atoms with E-state index in [4.69, 9.17) is 4.42 Å². The molecule has 0 saturated heterocycles. The molecule has 26 heavy (non-hydrogen) atoms. The van der Waals surface area contributed by atoms with Crippen LogP contribution in [0.3, 0.4) is 0 Å². The number of ketones is 1. The van der Waals surface area contributed by atoms with Crippen LogP contribution in [0.2, 0.25) is 0 Å². The highest BCUT2D eigenvalue weighted by molar-refractivity contribution is 6.00. The molecule has 0 radical (unpaired) electrons. The lowest BCUT2D eigenvalue weighted by molar-refractivity contribution is 0.0991. The minimum absolute atomic E-state index is 0.0371. The maximum Gasteiger partial charge on any atom is 0.339 e. The Bertz CT molecular complexity index is 1220. The van der Waals surface area contributed by atoms with Gasteiger partial charge in [-0.2, -0.15) is 0 Å². The monoisotopic (exact) mass is 342 g/mol. The number of carbonyl (C=O) groups is 1. The Morgan fingerprint density at radius 2 is 1.62 bits per heavy atom. The first-order valence-corrected chi connectivity index (χ1v) is 8.57. The molecule has 3 heteroatoms. The van der Waals surface area contributed by atoms with Gasteiger partial charge in [-0.15, -0.1) is 0 Å². The summed E-state index contributed by atoms with van der Waals surface area (Å²) in [5.41, 5.74) is 3.07. The molecule has 0 saturated carbocycles. The van der Waals surface area contributed by atoms with Gasteiger partial charge in [-0.1, -0.05) is 42.0 Å². The third kappa shape index (κ3) is 2.92. The Kier molecular flexibility index (Phi) is 3.92. The van der Waals surface area contributed by atoms with E-state index in [9.17, 15) is 9.59 Å². The van der Waals surface area contributed by atoms with Crippen LogP contribution in [0.25, 0.3) is 21.7 Å².